The fourth-order valence-electron chi connectivity index (χ4n) is 4.48. The number of nitrogens with one attached hydrogen (secondary N) is 2. The van der Waals surface area contributed by atoms with Crippen molar-refractivity contribution in [2.45, 2.75) is 51.5 Å². The number of carbonyl (C=O) groups is 1. The van der Waals surface area contributed by atoms with Gasteiger partial charge in [-0.2, -0.15) is 5.10 Å². The van der Waals surface area contributed by atoms with E-state index in [4.69, 9.17) is 0 Å². The second-order valence-corrected chi connectivity index (χ2v) is 8.89. The number of nitrogens with zero attached hydrogens (tertiary/aromatic N) is 3. The number of anilines is 1. The Hall–Kier alpha value is -2.99. The lowest BCUT2D eigenvalue weighted by Gasteiger charge is -2.30. The molecular weight excluding hydrogens is 398 g/mol. The fourth-order valence-corrected chi connectivity index (χ4v) is 4.48. The average Bonchev–Trinajstić information content (AvgIpc) is 3.25. The smallest absolute Gasteiger partial charge is 0.242 e. The number of aromatic nitrogens is 3. The predicted octanol–water partition coefficient (Wildman–Crippen LogP) is 4.51. The Morgan fingerprint density at radius 2 is 1.84 bits per heavy atom. The van der Waals surface area contributed by atoms with Gasteiger partial charge >= 0.3 is 0 Å². The number of carbonyl (C=O) groups excluding carboxylic acids is 1. The molecule has 0 spiro atoms. The molecule has 1 amide bonds. The maximum atomic E-state index is 13.2. The number of hydrogen-bond donors (Lipinski definition) is 2. The fraction of sp³-hybridized carbons (Fsp3) is 0.423. The molecule has 4 rings (SSSR count). The normalized spacial score (nSPS) is 15.4. The van der Waals surface area contributed by atoms with E-state index in [-0.39, 0.29) is 11.9 Å². The van der Waals surface area contributed by atoms with Gasteiger partial charge in [-0.1, -0.05) is 49.1 Å². The van der Waals surface area contributed by atoms with Crippen molar-refractivity contribution in [1.82, 2.24) is 20.1 Å². The van der Waals surface area contributed by atoms with Crippen molar-refractivity contribution in [3.8, 4) is 11.1 Å². The van der Waals surface area contributed by atoms with E-state index in [1.807, 2.05) is 31.6 Å². The molecule has 1 aliphatic rings. The number of hydrogen-bond acceptors (Lipinski definition) is 4. The van der Waals surface area contributed by atoms with Gasteiger partial charge in [-0.3, -0.25) is 9.48 Å². The van der Waals surface area contributed by atoms with Crippen LogP contribution in [0.3, 0.4) is 0 Å². The number of rotatable bonds is 8. The van der Waals surface area contributed by atoms with Crippen molar-refractivity contribution in [1.29, 1.82) is 0 Å². The highest BCUT2D eigenvalue weighted by atomic mass is 16.2. The Morgan fingerprint density at radius 3 is 2.50 bits per heavy atom. The van der Waals surface area contributed by atoms with Crippen molar-refractivity contribution in [3.63, 3.8) is 0 Å². The van der Waals surface area contributed by atoms with Crippen LogP contribution in [-0.4, -0.2) is 33.3 Å². The zero-order valence-corrected chi connectivity index (χ0v) is 19.1. The van der Waals surface area contributed by atoms with Crippen LogP contribution in [0.4, 0.5) is 5.82 Å². The summed E-state index contributed by atoms with van der Waals surface area (Å²) >= 11 is 0. The second-order valence-electron chi connectivity index (χ2n) is 8.89. The van der Waals surface area contributed by atoms with Gasteiger partial charge in [0.2, 0.25) is 5.91 Å². The Balaban J connectivity index is 1.39. The first kappa shape index (κ1) is 22.2. The van der Waals surface area contributed by atoms with Crippen LogP contribution in [-0.2, 0) is 18.3 Å². The maximum absolute atomic E-state index is 13.2. The van der Waals surface area contributed by atoms with Gasteiger partial charge in [0, 0.05) is 30.6 Å². The third kappa shape index (κ3) is 5.82. The molecule has 6 nitrogen and oxygen atoms in total. The van der Waals surface area contributed by atoms with Crippen LogP contribution in [0.1, 0.15) is 43.2 Å². The minimum atomic E-state index is -0.194. The average molecular weight is 432 g/mol. The third-order valence-corrected chi connectivity index (χ3v) is 6.36. The molecule has 0 saturated heterocycles. The molecular formula is C26H33N5O. The van der Waals surface area contributed by atoms with E-state index in [1.54, 1.807) is 10.9 Å². The maximum Gasteiger partial charge on any atom is 0.242 e. The molecule has 2 heterocycles. The van der Waals surface area contributed by atoms with Gasteiger partial charge in [-0.25, -0.2) is 4.98 Å². The van der Waals surface area contributed by atoms with Crippen molar-refractivity contribution in [2.75, 3.05) is 11.9 Å². The molecule has 0 radical (unpaired) electrons. The summed E-state index contributed by atoms with van der Waals surface area (Å²) in [5.41, 5.74) is 4.55. The van der Waals surface area contributed by atoms with Crippen LogP contribution in [0.25, 0.3) is 11.1 Å². The number of benzene rings is 1. The first-order valence-corrected chi connectivity index (χ1v) is 11.6. The first-order chi connectivity index (χ1) is 15.6. The minimum absolute atomic E-state index is 0.0161. The van der Waals surface area contributed by atoms with E-state index in [9.17, 15) is 4.79 Å². The number of pyridine rings is 1. The SMILES string of the molecule is Cc1ccc(CCN[C@@H](C(=O)Nc2ccc(-c3cnn(C)c3)cn2)C2CCCCC2)cc1. The van der Waals surface area contributed by atoms with Gasteiger partial charge in [-0.05, 0) is 56.3 Å². The zero-order valence-electron chi connectivity index (χ0n) is 19.1. The molecule has 0 aliphatic heterocycles. The molecule has 1 atom stereocenters. The summed E-state index contributed by atoms with van der Waals surface area (Å²) in [6, 6.07) is 12.3. The van der Waals surface area contributed by atoms with Crippen molar-refractivity contribution in [2.24, 2.45) is 13.0 Å². The Labute approximate surface area is 190 Å². The molecule has 1 aliphatic carbocycles. The topological polar surface area (TPSA) is 71.8 Å². The number of aryl methyl sites for hydroxylation is 2. The minimum Gasteiger partial charge on any atom is -0.309 e. The van der Waals surface area contributed by atoms with E-state index in [0.717, 1.165) is 36.9 Å². The molecule has 2 N–H and O–H groups in total. The highest BCUT2D eigenvalue weighted by Crippen LogP contribution is 2.27. The standard InChI is InChI=1S/C26H33N5O/c1-19-8-10-20(11-9-19)14-15-27-25(21-6-4-3-5-7-21)26(32)30-24-13-12-22(16-28-24)23-17-29-31(2)18-23/h8-13,16-18,21,25,27H,3-7,14-15H2,1-2H3,(H,28,30,32)/t25-/m1/s1. The Morgan fingerprint density at radius 1 is 1.06 bits per heavy atom. The molecule has 0 bridgehead atoms. The quantitative estimate of drug-likeness (QED) is 0.550. The van der Waals surface area contributed by atoms with E-state index in [1.165, 1.54) is 30.4 Å². The molecule has 3 aromatic rings. The van der Waals surface area contributed by atoms with Crippen LogP contribution in [0.5, 0.6) is 0 Å². The molecule has 2 aromatic heterocycles. The van der Waals surface area contributed by atoms with Crippen LogP contribution in [0, 0.1) is 12.8 Å². The summed E-state index contributed by atoms with van der Waals surface area (Å²) in [5, 5.41) is 10.8. The highest BCUT2D eigenvalue weighted by molar-refractivity contribution is 5.94. The van der Waals surface area contributed by atoms with Gasteiger partial charge in [0.05, 0.1) is 12.2 Å². The molecule has 1 fully saturated rings. The second kappa shape index (κ2) is 10.6. The summed E-state index contributed by atoms with van der Waals surface area (Å²) in [6.45, 7) is 2.88. The monoisotopic (exact) mass is 431 g/mol. The zero-order chi connectivity index (χ0) is 22.3. The van der Waals surface area contributed by atoms with E-state index < -0.39 is 0 Å². The first-order valence-electron chi connectivity index (χ1n) is 11.6. The van der Waals surface area contributed by atoms with Crippen LogP contribution in [0.15, 0.2) is 55.0 Å². The van der Waals surface area contributed by atoms with Crippen molar-refractivity contribution >= 4 is 11.7 Å². The lowest BCUT2D eigenvalue weighted by atomic mass is 9.83. The molecule has 1 aromatic carbocycles. The van der Waals surface area contributed by atoms with Gasteiger partial charge in [-0.15, -0.1) is 0 Å². The summed E-state index contributed by atoms with van der Waals surface area (Å²) in [4.78, 5) is 17.7. The van der Waals surface area contributed by atoms with Crippen molar-refractivity contribution < 1.29 is 4.79 Å². The van der Waals surface area contributed by atoms with Gasteiger partial charge in [0.15, 0.2) is 0 Å². The lowest BCUT2D eigenvalue weighted by molar-refractivity contribution is -0.119. The predicted molar refractivity (Wildman–Crippen MR) is 128 cm³/mol. The molecule has 32 heavy (non-hydrogen) atoms. The largest absolute Gasteiger partial charge is 0.309 e. The third-order valence-electron chi connectivity index (χ3n) is 6.36. The van der Waals surface area contributed by atoms with Gasteiger partial charge in [0.1, 0.15) is 5.82 Å². The van der Waals surface area contributed by atoms with E-state index in [0.29, 0.717) is 11.7 Å². The molecule has 6 heteroatoms. The van der Waals surface area contributed by atoms with Crippen LogP contribution in [0.2, 0.25) is 0 Å². The summed E-state index contributed by atoms with van der Waals surface area (Å²) in [7, 11) is 1.89. The van der Waals surface area contributed by atoms with Crippen molar-refractivity contribution in [3.05, 3.63) is 66.1 Å². The summed E-state index contributed by atoms with van der Waals surface area (Å²) in [6.07, 6.45) is 12.3. The molecule has 1 saturated carbocycles. The molecule has 168 valence electrons. The molecule has 0 unspecified atom stereocenters. The highest BCUT2D eigenvalue weighted by Gasteiger charge is 2.29. The van der Waals surface area contributed by atoms with Gasteiger partial charge < -0.3 is 10.6 Å². The van der Waals surface area contributed by atoms with Crippen LogP contribution < -0.4 is 10.6 Å². The lowest BCUT2D eigenvalue weighted by Crippen LogP contribution is -2.47. The summed E-state index contributed by atoms with van der Waals surface area (Å²) in [5.74, 6) is 0.975. The Kier molecular flexibility index (Phi) is 7.32. The Bertz CT molecular complexity index is 1000. The number of amides is 1. The van der Waals surface area contributed by atoms with E-state index in [2.05, 4.69) is 51.9 Å². The van der Waals surface area contributed by atoms with Crippen LogP contribution >= 0.6 is 0 Å². The van der Waals surface area contributed by atoms with E-state index >= 15 is 0 Å². The summed E-state index contributed by atoms with van der Waals surface area (Å²) < 4.78 is 1.77. The van der Waals surface area contributed by atoms with Gasteiger partial charge in [0.25, 0.3) is 0 Å².